The lowest BCUT2D eigenvalue weighted by atomic mass is 10.3. The number of methoxy groups -OCH3 is 1. The van der Waals surface area contributed by atoms with Crippen molar-refractivity contribution in [3.05, 3.63) is 30.1 Å². The molecule has 0 spiro atoms. The van der Waals surface area contributed by atoms with Gasteiger partial charge in [0.1, 0.15) is 5.75 Å². The van der Waals surface area contributed by atoms with Gasteiger partial charge < -0.3 is 4.74 Å². The van der Waals surface area contributed by atoms with Crippen molar-refractivity contribution in [2.75, 3.05) is 7.11 Å². The molecule has 0 aliphatic rings. The zero-order valence-electron chi connectivity index (χ0n) is 8.01. The minimum atomic E-state index is 0.759. The third-order valence-electron chi connectivity index (χ3n) is 1.94. The molecule has 2 aromatic rings. The topological polar surface area (TPSA) is 52.8 Å². The molecule has 0 unspecified atom stereocenters. The molecular formula is C9H10N4O. The third-order valence-corrected chi connectivity index (χ3v) is 1.94. The van der Waals surface area contributed by atoms with Crippen LogP contribution in [0, 0.1) is 6.92 Å². The first-order valence-electron chi connectivity index (χ1n) is 4.20. The number of tetrazole rings is 1. The molecule has 72 valence electrons. The van der Waals surface area contributed by atoms with E-state index >= 15 is 0 Å². The Morgan fingerprint density at radius 3 is 2.43 bits per heavy atom. The molecule has 0 N–H and O–H groups in total. The van der Waals surface area contributed by atoms with Gasteiger partial charge in [0, 0.05) is 0 Å². The van der Waals surface area contributed by atoms with Crippen LogP contribution in [0.15, 0.2) is 24.3 Å². The van der Waals surface area contributed by atoms with Gasteiger partial charge in [-0.3, -0.25) is 0 Å². The first kappa shape index (κ1) is 8.68. The van der Waals surface area contributed by atoms with Crippen LogP contribution in [0.3, 0.4) is 0 Å². The molecule has 0 saturated carbocycles. The fraction of sp³-hybridized carbons (Fsp3) is 0.222. The van der Waals surface area contributed by atoms with Crippen LogP contribution in [0.2, 0.25) is 0 Å². The summed E-state index contributed by atoms with van der Waals surface area (Å²) in [6.45, 7) is 1.85. The molecule has 0 radical (unpaired) electrons. The minimum Gasteiger partial charge on any atom is -0.497 e. The summed E-state index contributed by atoms with van der Waals surface area (Å²) in [4.78, 5) is 0. The average Bonchev–Trinajstić information content (AvgIpc) is 2.65. The van der Waals surface area contributed by atoms with E-state index in [2.05, 4.69) is 15.5 Å². The number of nitrogens with zero attached hydrogens (tertiary/aromatic N) is 4. The van der Waals surface area contributed by atoms with Gasteiger partial charge in [-0.1, -0.05) is 0 Å². The molecule has 0 amide bonds. The van der Waals surface area contributed by atoms with Crippen LogP contribution in [0.1, 0.15) is 5.82 Å². The number of hydrogen-bond donors (Lipinski definition) is 0. The van der Waals surface area contributed by atoms with E-state index in [9.17, 15) is 0 Å². The molecule has 0 saturated heterocycles. The molecular weight excluding hydrogens is 180 g/mol. The quantitative estimate of drug-likeness (QED) is 0.708. The largest absolute Gasteiger partial charge is 0.497 e. The molecule has 0 bridgehead atoms. The molecule has 0 aliphatic heterocycles. The van der Waals surface area contributed by atoms with Gasteiger partial charge in [-0.2, -0.15) is 4.68 Å². The average molecular weight is 190 g/mol. The lowest BCUT2D eigenvalue weighted by molar-refractivity contribution is 0.414. The van der Waals surface area contributed by atoms with Gasteiger partial charge in [0.05, 0.1) is 12.8 Å². The highest BCUT2D eigenvalue weighted by atomic mass is 16.5. The van der Waals surface area contributed by atoms with Crippen molar-refractivity contribution in [2.45, 2.75) is 6.92 Å². The third kappa shape index (κ3) is 1.44. The normalized spacial score (nSPS) is 10.1. The van der Waals surface area contributed by atoms with Crippen molar-refractivity contribution in [3.8, 4) is 11.4 Å². The molecule has 0 aliphatic carbocycles. The highest BCUT2D eigenvalue weighted by molar-refractivity contribution is 5.36. The van der Waals surface area contributed by atoms with Crippen molar-refractivity contribution in [3.63, 3.8) is 0 Å². The minimum absolute atomic E-state index is 0.759. The van der Waals surface area contributed by atoms with Crippen LogP contribution in [0.5, 0.6) is 5.75 Å². The van der Waals surface area contributed by atoms with Gasteiger partial charge in [0.25, 0.3) is 0 Å². The van der Waals surface area contributed by atoms with Crippen LogP contribution in [-0.4, -0.2) is 27.3 Å². The van der Waals surface area contributed by atoms with Crippen molar-refractivity contribution in [1.29, 1.82) is 0 Å². The van der Waals surface area contributed by atoms with Gasteiger partial charge in [-0.15, -0.1) is 5.10 Å². The fourth-order valence-electron chi connectivity index (χ4n) is 1.19. The molecule has 1 aromatic carbocycles. The molecule has 2 rings (SSSR count). The Hall–Kier alpha value is -1.91. The second-order valence-corrected chi connectivity index (χ2v) is 2.84. The highest BCUT2D eigenvalue weighted by Gasteiger charge is 2.02. The van der Waals surface area contributed by atoms with Crippen molar-refractivity contribution in [1.82, 2.24) is 20.2 Å². The number of rotatable bonds is 2. The molecule has 0 atom stereocenters. The van der Waals surface area contributed by atoms with Gasteiger partial charge in [-0.25, -0.2) is 0 Å². The Labute approximate surface area is 81.3 Å². The number of aromatic nitrogens is 4. The van der Waals surface area contributed by atoms with Crippen molar-refractivity contribution >= 4 is 0 Å². The van der Waals surface area contributed by atoms with Crippen LogP contribution in [0.4, 0.5) is 0 Å². The Morgan fingerprint density at radius 2 is 1.93 bits per heavy atom. The SMILES string of the molecule is COc1ccc(-n2nnnc2C)cc1. The number of benzene rings is 1. The zero-order chi connectivity index (χ0) is 9.97. The monoisotopic (exact) mass is 190 g/mol. The van der Waals surface area contributed by atoms with E-state index in [0.717, 1.165) is 17.3 Å². The number of aryl methyl sites for hydroxylation is 1. The Kier molecular flexibility index (Phi) is 2.14. The van der Waals surface area contributed by atoms with E-state index in [1.165, 1.54) is 0 Å². The highest BCUT2D eigenvalue weighted by Crippen LogP contribution is 2.14. The van der Waals surface area contributed by atoms with E-state index in [1.807, 2.05) is 31.2 Å². The van der Waals surface area contributed by atoms with Crippen LogP contribution in [-0.2, 0) is 0 Å². The Bertz CT molecular complexity index is 421. The Balaban J connectivity index is 2.39. The smallest absolute Gasteiger partial charge is 0.153 e. The van der Waals surface area contributed by atoms with E-state index in [4.69, 9.17) is 4.74 Å². The summed E-state index contributed by atoms with van der Waals surface area (Å²) in [5.41, 5.74) is 0.924. The summed E-state index contributed by atoms with van der Waals surface area (Å²) in [6.07, 6.45) is 0. The first-order valence-corrected chi connectivity index (χ1v) is 4.20. The van der Waals surface area contributed by atoms with Gasteiger partial charge in [0.15, 0.2) is 5.82 Å². The lowest BCUT2D eigenvalue weighted by Gasteiger charge is -2.02. The van der Waals surface area contributed by atoms with E-state index in [1.54, 1.807) is 11.8 Å². The maximum absolute atomic E-state index is 5.06. The molecule has 14 heavy (non-hydrogen) atoms. The molecule has 1 heterocycles. The summed E-state index contributed by atoms with van der Waals surface area (Å²) in [6, 6.07) is 7.55. The predicted molar refractivity (Wildman–Crippen MR) is 50.4 cm³/mol. The molecule has 5 nitrogen and oxygen atoms in total. The summed E-state index contributed by atoms with van der Waals surface area (Å²) in [7, 11) is 1.64. The fourth-order valence-corrected chi connectivity index (χ4v) is 1.19. The molecule has 5 heteroatoms. The number of ether oxygens (including phenoxy) is 1. The molecule has 1 aromatic heterocycles. The van der Waals surface area contributed by atoms with Crippen LogP contribution < -0.4 is 4.74 Å². The first-order chi connectivity index (χ1) is 6.81. The summed E-state index contributed by atoms with van der Waals surface area (Å²) in [5, 5.41) is 11.2. The lowest BCUT2D eigenvalue weighted by Crippen LogP contribution is -1.98. The summed E-state index contributed by atoms with van der Waals surface area (Å²) in [5.74, 6) is 1.58. The van der Waals surface area contributed by atoms with Gasteiger partial charge in [0.2, 0.25) is 0 Å². The van der Waals surface area contributed by atoms with E-state index in [-0.39, 0.29) is 0 Å². The van der Waals surface area contributed by atoms with Crippen molar-refractivity contribution < 1.29 is 4.74 Å². The maximum Gasteiger partial charge on any atom is 0.153 e. The van der Waals surface area contributed by atoms with E-state index in [0.29, 0.717) is 0 Å². The second-order valence-electron chi connectivity index (χ2n) is 2.84. The zero-order valence-corrected chi connectivity index (χ0v) is 8.01. The van der Waals surface area contributed by atoms with Gasteiger partial charge in [-0.05, 0) is 41.6 Å². The van der Waals surface area contributed by atoms with Crippen LogP contribution >= 0.6 is 0 Å². The van der Waals surface area contributed by atoms with Crippen molar-refractivity contribution in [2.24, 2.45) is 0 Å². The summed E-state index contributed by atoms with van der Waals surface area (Å²) < 4.78 is 6.72. The maximum atomic E-state index is 5.06. The standard InChI is InChI=1S/C9H10N4O/c1-7-10-11-12-13(7)8-3-5-9(14-2)6-4-8/h3-6H,1-2H3. The predicted octanol–water partition coefficient (Wildman–Crippen LogP) is 0.979. The Morgan fingerprint density at radius 1 is 1.21 bits per heavy atom. The molecule has 0 fully saturated rings. The number of hydrogen-bond acceptors (Lipinski definition) is 4. The second kappa shape index (κ2) is 3.45. The summed E-state index contributed by atoms with van der Waals surface area (Å²) >= 11 is 0. The van der Waals surface area contributed by atoms with Crippen LogP contribution in [0.25, 0.3) is 5.69 Å². The van der Waals surface area contributed by atoms with Gasteiger partial charge >= 0.3 is 0 Å². The van der Waals surface area contributed by atoms with E-state index < -0.39 is 0 Å².